The van der Waals surface area contributed by atoms with Crippen molar-refractivity contribution < 1.29 is 4.79 Å². The molecule has 0 radical (unpaired) electrons. The Bertz CT molecular complexity index is 318. The SMILES string of the molecule is NCCCC1CCCN1C(=O)C1CC2CCC1C2. The van der Waals surface area contributed by atoms with Crippen LogP contribution < -0.4 is 5.73 Å². The highest BCUT2D eigenvalue weighted by Crippen LogP contribution is 2.49. The zero-order valence-corrected chi connectivity index (χ0v) is 11.3. The number of carbonyl (C=O) groups excluding carboxylic acids is 1. The summed E-state index contributed by atoms with van der Waals surface area (Å²) in [6.07, 6.45) is 9.78. The largest absolute Gasteiger partial charge is 0.339 e. The molecule has 3 nitrogen and oxygen atoms in total. The lowest BCUT2D eigenvalue weighted by molar-refractivity contribution is -0.138. The number of nitrogens with zero attached hydrogens (tertiary/aromatic N) is 1. The Labute approximate surface area is 110 Å². The van der Waals surface area contributed by atoms with Crippen LogP contribution in [0.3, 0.4) is 0 Å². The second kappa shape index (κ2) is 5.20. The van der Waals surface area contributed by atoms with Gasteiger partial charge in [0, 0.05) is 18.5 Å². The number of nitrogens with two attached hydrogens (primary N) is 1. The van der Waals surface area contributed by atoms with Crippen molar-refractivity contribution >= 4 is 5.91 Å². The Morgan fingerprint density at radius 2 is 2.11 bits per heavy atom. The minimum atomic E-state index is 0.377. The molecule has 0 aromatic carbocycles. The molecule has 2 N–H and O–H groups in total. The van der Waals surface area contributed by atoms with Gasteiger partial charge in [0.25, 0.3) is 0 Å². The number of fused-ring (bicyclic) bond motifs is 2. The van der Waals surface area contributed by atoms with Crippen molar-refractivity contribution in [3.8, 4) is 0 Å². The van der Waals surface area contributed by atoms with Gasteiger partial charge in [-0.2, -0.15) is 0 Å². The Morgan fingerprint density at radius 1 is 1.22 bits per heavy atom. The van der Waals surface area contributed by atoms with E-state index in [1.807, 2.05) is 0 Å². The number of likely N-dealkylation sites (tertiary alicyclic amines) is 1. The van der Waals surface area contributed by atoms with Crippen molar-refractivity contribution in [1.29, 1.82) is 0 Å². The number of carbonyl (C=O) groups is 1. The monoisotopic (exact) mass is 250 g/mol. The Morgan fingerprint density at radius 3 is 2.78 bits per heavy atom. The molecule has 3 rings (SSSR count). The molecule has 1 heterocycles. The predicted molar refractivity (Wildman–Crippen MR) is 72.0 cm³/mol. The van der Waals surface area contributed by atoms with Gasteiger partial charge in [0.15, 0.2) is 0 Å². The van der Waals surface area contributed by atoms with Crippen LogP contribution in [0.25, 0.3) is 0 Å². The standard InChI is InChI=1S/C15H26N2O/c16-7-1-3-13-4-2-8-17(13)15(18)14-10-11-5-6-12(14)9-11/h11-14H,1-10,16H2. The van der Waals surface area contributed by atoms with Gasteiger partial charge in [0.2, 0.25) is 5.91 Å². The van der Waals surface area contributed by atoms with E-state index >= 15 is 0 Å². The van der Waals surface area contributed by atoms with Gasteiger partial charge in [-0.3, -0.25) is 4.79 Å². The van der Waals surface area contributed by atoms with E-state index < -0.39 is 0 Å². The molecular formula is C15H26N2O. The minimum absolute atomic E-state index is 0.377. The van der Waals surface area contributed by atoms with Crippen molar-refractivity contribution in [3.05, 3.63) is 0 Å². The molecule has 3 aliphatic rings. The molecule has 102 valence electrons. The van der Waals surface area contributed by atoms with Gasteiger partial charge in [0.1, 0.15) is 0 Å². The summed E-state index contributed by atoms with van der Waals surface area (Å²) >= 11 is 0. The number of hydrogen-bond acceptors (Lipinski definition) is 2. The van der Waals surface area contributed by atoms with Gasteiger partial charge in [-0.1, -0.05) is 6.42 Å². The molecule has 2 bridgehead atoms. The second-order valence-corrected chi connectivity index (χ2v) is 6.54. The lowest BCUT2D eigenvalue weighted by Crippen LogP contribution is -2.41. The molecule has 4 unspecified atom stereocenters. The van der Waals surface area contributed by atoms with Gasteiger partial charge in [-0.25, -0.2) is 0 Å². The third-order valence-corrected chi connectivity index (χ3v) is 5.46. The smallest absolute Gasteiger partial charge is 0.226 e. The first-order chi connectivity index (χ1) is 8.79. The molecule has 2 aliphatic carbocycles. The van der Waals surface area contributed by atoms with Crippen LogP contribution in [-0.4, -0.2) is 29.9 Å². The van der Waals surface area contributed by atoms with E-state index in [1.165, 1.54) is 38.5 Å². The Hall–Kier alpha value is -0.570. The summed E-state index contributed by atoms with van der Waals surface area (Å²) < 4.78 is 0. The fourth-order valence-electron chi connectivity index (χ4n) is 4.54. The molecule has 1 amide bonds. The average Bonchev–Trinajstić information content (AvgIpc) is 3.10. The maximum Gasteiger partial charge on any atom is 0.226 e. The van der Waals surface area contributed by atoms with Crippen molar-refractivity contribution in [2.45, 2.75) is 57.4 Å². The normalized spacial score (nSPS) is 38.6. The molecule has 1 aliphatic heterocycles. The van der Waals surface area contributed by atoms with Gasteiger partial charge >= 0.3 is 0 Å². The number of amides is 1. The van der Waals surface area contributed by atoms with Gasteiger partial charge in [-0.15, -0.1) is 0 Å². The molecule has 1 saturated heterocycles. The Kier molecular flexibility index (Phi) is 3.60. The highest BCUT2D eigenvalue weighted by atomic mass is 16.2. The molecule has 18 heavy (non-hydrogen) atoms. The highest BCUT2D eigenvalue weighted by molar-refractivity contribution is 5.80. The first-order valence-electron chi connectivity index (χ1n) is 7.80. The lowest BCUT2D eigenvalue weighted by Gasteiger charge is -2.30. The summed E-state index contributed by atoms with van der Waals surface area (Å²) in [6, 6.07) is 0.500. The van der Waals surface area contributed by atoms with Gasteiger partial charge in [-0.05, 0) is 63.3 Å². The van der Waals surface area contributed by atoms with Crippen molar-refractivity contribution in [3.63, 3.8) is 0 Å². The van der Waals surface area contributed by atoms with Crippen molar-refractivity contribution in [2.24, 2.45) is 23.5 Å². The maximum atomic E-state index is 12.7. The summed E-state index contributed by atoms with van der Waals surface area (Å²) in [5.41, 5.74) is 5.60. The summed E-state index contributed by atoms with van der Waals surface area (Å²) in [5.74, 6) is 2.45. The molecule has 3 heteroatoms. The fraction of sp³-hybridized carbons (Fsp3) is 0.933. The quantitative estimate of drug-likeness (QED) is 0.831. The van der Waals surface area contributed by atoms with E-state index in [2.05, 4.69) is 4.90 Å². The third-order valence-electron chi connectivity index (χ3n) is 5.46. The molecule has 0 aromatic rings. The Balaban J connectivity index is 1.61. The van der Waals surface area contributed by atoms with Crippen molar-refractivity contribution in [1.82, 2.24) is 4.90 Å². The molecular weight excluding hydrogens is 224 g/mol. The van der Waals surface area contributed by atoms with Crippen LogP contribution in [0, 0.1) is 17.8 Å². The second-order valence-electron chi connectivity index (χ2n) is 6.54. The summed E-state index contributed by atoms with van der Waals surface area (Å²) in [6.45, 7) is 1.76. The van der Waals surface area contributed by atoms with Gasteiger partial charge < -0.3 is 10.6 Å². The minimum Gasteiger partial charge on any atom is -0.339 e. The van der Waals surface area contributed by atoms with Crippen LogP contribution in [-0.2, 0) is 4.79 Å². The topological polar surface area (TPSA) is 46.3 Å². The van der Waals surface area contributed by atoms with E-state index in [0.717, 1.165) is 37.8 Å². The molecule has 0 spiro atoms. The van der Waals surface area contributed by atoms with Crippen LogP contribution >= 0.6 is 0 Å². The predicted octanol–water partition coefficient (Wildman–Crippen LogP) is 2.15. The number of hydrogen-bond donors (Lipinski definition) is 1. The van der Waals surface area contributed by atoms with Crippen LogP contribution in [0.15, 0.2) is 0 Å². The van der Waals surface area contributed by atoms with Crippen molar-refractivity contribution in [2.75, 3.05) is 13.1 Å². The zero-order valence-electron chi connectivity index (χ0n) is 11.3. The summed E-state index contributed by atoms with van der Waals surface area (Å²) in [7, 11) is 0. The summed E-state index contributed by atoms with van der Waals surface area (Å²) in [5, 5.41) is 0. The zero-order chi connectivity index (χ0) is 12.5. The van der Waals surface area contributed by atoms with E-state index in [1.54, 1.807) is 0 Å². The highest BCUT2D eigenvalue weighted by Gasteiger charge is 2.45. The first-order valence-corrected chi connectivity index (χ1v) is 7.80. The van der Waals surface area contributed by atoms with Crippen LogP contribution in [0.5, 0.6) is 0 Å². The average molecular weight is 250 g/mol. The molecule has 2 saturated carbocycles. The summed E-state index contributed by atoms with van der Waals surface area (Å²) in [4.78, 5) is 14.9. The van der Waals surface area contributed by atoms with Crippen LogP contribution in [0.4, 0.5) is 0 Å². The van der Waals surface area contributed by atoms with E-state index in [9.17, 15) is 4.79 Å². The molecule has 4 atom stereocenters. The third kappa shape index (κ3) is 2.18. The first kappa shape index (κ1) is 12.5. The van der Waals surface area contributed by atoms with E-state index in [4.69, 9.17) is 5.73 Å². The maximum absolute atomic E-state index is 12.7. The van der Waals surface area contributed by atoms with Gasteiger partial charge in [0.05, 0.1) is 0 Å². The fourth-order valence-corrected chi connectivity index (χ4v) is 4.54. The molecule has 3 fully saturated rings. The van der Waals surface area contributed by atoms with Crippen LogP contribution in [0.2, 0.25) is 0 Å². The van der Waals surface area contributed by atoms with E-state index in [0.29, 0.717) is 17.9 Å². The number of rotatable bonds is 4. The van der Waals surface area contributed by atoms with E-state index in [-0.39, 0.29) is 0 Å². The van der Waals surface area contributed by atoms with Crippen LogP contribution in [0.1, 0.15) is 51.4 Å². The lowest BCUT2D eigenvalue weighted by atomic mass is 9.87. The molecule has 0 aromatic heterocycles.